The first-order chi connectivity index (χ1) is 9.70. The second kappa shape index (κ2) is 5.40. The van der Waals surface area contributed by atoms with Crippen LogP contribution in [0.1, 0.15) is 48.6 Å². The third-order valence-electron chi connectivity index (χ3n) is 3.96. The molecule has 0 saturated heterocycles. The molecule has 5 heteroatoms. The largest absolute Gasteiger partial charge is 0.396 e. The zero-order valence-electron chi connectivity index (χ0n) is 11.1. The summed E-state index contributed by atoms with van der Waals surface area (Å²) in [6.07, 6.45) is 4.61. The Morgan fingerprint density at radius 2 is 2.10 bits per heavy atom. The number of fused-ring (bicyclic) bond motifs is 1. The first-order valence-corrected chi connectivity index (χ1v) is 6.93. The van der Waals surface area contributed by atoms with Crippen LogP contribution in [0.15, 0.2) is 23.8 Å². The number of aliphatic hydroxyl groups is 1. The SMILES string of the molecule is OCC1CCCc2cc(C3=C(F)CCC=C3F)nnc21. The summed E-state index contributed by atoms with van der Waals surface area (Å²) in [4.78, 5) is 0. The normalized spacial score (nSPS) is 22.6. The van der Waals surface area contributed by atoms with E-state index in [1.807, 2.05) is 0 Å². The Bertz CT molecular complexity index is 596. The Hall–Kier alpha value is -1.62. The third-order valence-corrected chi connectivity index (χ3v) is 3.96. The molecule has 0 spiro atoms. The van der Waals surface area contributed by atoms with E-state index in [0.717, 1.165) is 30.5 Å². The van der Waals surface area contributed by atoms with Crippen LogP contribution in [0.5, 0.6) is 0 Å². The molecule has 0 saturated carbocycles. The molecule has 1 aromatic rings. The Balaban J connectivity index is 2.03. The van der Waals surface area contributed by atoms with Crippen molar-refractivity contribution < 1.29 is 13.9 Å². The van der Waals surface area contributed by atoms with Crippen molar-refractivity contribution in [2.75, 3.05) is 6.61 Å². The molecule has 1 N–H and O–H groups in total. The molecule has 1 aromatic heterocycles. The summed E-state index contributed by atoms with van der Waals surface area (Å²) >= 11 is 0. The number of allylic oxidation sites excluding steroid dienone is 4. The molecule has 0 aromatic carbocycles. The standard InChI is InChI=1S/C15H16F2N2O/c16-11-5-2-6-12(17)14(11)13-7-9-3-1-4-10(8-20)15(9)19-18-13/h5,7,10,20H,1-4,6,8H2. The number of hydrogen-bond acceptors (Lipinski definition) is 3. The molecule has 2 aliphatic rings. The van der Waals surface area contributed by atoms with Gasteiger partial charge in [-0.05, 0) is 43.4 Å². The van der Waals surface area contributed by atoms with E-state index in [0.29, 0.717) is 6.42 Å². The lowest BCUT2D eigenvalue weighted by Gasteiger charge is -2.22. The molecule has 0 amide bonds. The highest BCUT2D eigenvalue weighted by atomic mass is 19.1. The quantitative estimate of drug-likeness (QED) is 0.903. The smallest absolute Gasteiger partial charge is 0.131 e. The van der Waals surface area contributed by atoms with Crippen molar-refractivity contribution in [1.82, 2.24) is 10.2 Å². The summed E-state index contributed by atoms with van der Waals surface area (Å²) in [6.45, 7) is 0.0341. The van der Waals surface area contributed by atoms with Gasteiger partial charge in [0.25, 0.3) is 0 Å². The van der Waals surface area contributed by atoms with Crippen LogP contribution in [-0.4, -0.2) is 21.9 Å². The highest BCUT2D eigenvalue weighted by Crippen LogP contribution is 2.36. The number of aryl methyl sites for hydroxylation is 1. The van der Waals surface area contributed by atoms with Crippen molar-refractivity contribution in [3.05, 3.63) is 40.7 Å². The summed E-state index contributed by atoms with van der Waals surface area (Å²) < 4.78 is 27.7. The van der Waals surface area contributed by atoms with Crippen LogP contribution in [0.3, 0.4) is 0 Å². The van der Waals surface area contributed by atoms with E-state index in [2.05, 4.69) is 10.2 Å². The van der Waals surface area contributed by atoms with Crippen LogP contribution in [0.2, 0.25) is 0 Å². The molecule has 0 aliphatic heterocycles. The maximum absolute atomic E-state index is 13.9. The fourth-order valence-electron chi connectivity index (χ4n) is 2.90. The average Bonchev–Trinajstić information content (AvgIpc) is 2.46. The van der Waals surface area contributed by atoms with Gasteiger partial charge >= 0.3 is 0 Å². The number of nitrogens with zero attached hydrogens (tertiary/aromatic N) is 2. The molecular weight excluding hydrogens is 262 g/mol. The topological polar surface area (TPSA) is 46.0 Å². The molecule has 2 aliphatic carbocycles. The first-order valence-electron chi connectivity index (χ1n) is 6.93. The first kappa shape index (κ1) is 13.4. The maximum Gasteiger partial charge on any atom is 0.131 e. The molecule has 106 valence electrons. The Morgan fingerprint density at radius 1 is 1.25 bits per heavy atom. The summed E-state index contributed by atoms with van der Waals surface area (Å²) in [6, 6.07) is 1.72. The fraction of sp³-hybridized carbons (Fsp3) is 0.467. The van der Waals surface area contributed by atoms with Crippen molar-refractivity contribution >= 4 is 5.57 Å². The van der Waals surface area contributed by atoms with Gasteiger partial charge in [-0.15, -0.1) is 0 Å². The van der Waals surface area contributed by atoms with E-state index in [9.17, 15) is 13.9 Å². The minimum Gasteiger partial charge on any atom is -0.396 e. The van der Waals surface area contributed by atoms with Crippen molar-refractivity contribution in [1.29, 1.82) is 0 Å². The van der Waals surface area contributed by atoms with E-state index >= 15 is 0 Å². The minimum absolute atomic E-state index is 0.00845. The molecule has 1 unspecified atom stereocenters. The van der Waals surface area contributed by atoms with Gasteiger partial charge in [0.05, 0.1) is 23.6 Å². The van der Waals surface area contributed by atoms with Crippen LogP contribution in [0, 0.1) is 0 Å². The van der Waals surface area contributed by atoms with Crippen molar-refractivity contribution in [2.24, 2.45) is 0 Å². The third kappa shape index (κ3) is 2.26. The molecule has 3 rings (SSSR count). The Kier molecular flexibility index (Phi) is 3.61. The van der Waals surface area contributed by atoms with E-state index in [1.54, 1.807) is 6.07 Å². The number of rotatable bonds is 2. The molecule has 1 heterocycles. The van der Waals surface area contributed by atoms with Crippen LogP contribution < -0.4 is 0 Å². The highest BCUT2D eigenvalue weighted by molar-refractivity contribution is 5.77. The van der Waals surface area contributed by atoms with Gasteiger partial charge in [0, 0.05) is 12.3 Å². The second-order valence-corrected chi connectivity index (χ2v) is 5.28. The lowest BCUT2D eigenvalue weighted by molar-refractivity contribution is 0.249. The predicted molar refractivity (Wildman–Crippen MR) is 71.2 cm³/mol. The predicted octanol–water partition coefficient (Wildman–Crippen LogP) is 3.22. The van der Waals surface area contributed by atoms with E-state index in [1.165, 1.54) is 6.08 Å². The lowest BCUT2D eigenvalue weighted by atomic mass is 9.86. The van der Waals surface area contributed by atoms with Gasteiger partial charge in [-0.2, -0.15) is 10.2 Å². The summed E-state index contributed by atoms with van der Waals surface area (Å²) in [7, 11) is 0. The molecule has 1 atom stereocenters. The molecule has 0 radical (unpaired) electrons. The average molecular weight is 278 g/mol. The highest BCUT2D eigenvalue weighted by Gasteiger charge is 2.25. The lowest BCUT2D eigenvalue weighted by Crippen LogP contribution is -2.17. The molecule has 0 bridgehead atoms. The number of hydrogen-bond donors (Lipinski definition) is 1. The Labute approximate surface area is 116 Å². The Morgan fingerprint density at radius 3 is 2.85 bits per heavy atom. The van der Waals surface area contributed by atoms with Gasteiger partial charge < -0.3 is 5.11 Å². The van der Waals surface area contributed by atoms with Crippen LogP contribution >= 0.6 is 0 Å². The maximum atomic E-state index is 13.9. The van der Waals surface area contributed by atoms with Gasteiger partial charge in [0.2, 0.25) is 0 Å². The number of halogens is 2. The summed E-state index contributed by atoms with van der Waals surface area (Å²) in [5, 5.41) is 17.4. The van der Waals surface area contributed by atoms with E-state index < -0.39 is 11.7 Å². The van der Waals surface area contributed by atoms with Gasteiger partial charge in [-0.3, -0.25) is 0 Å². The van der Waals surface area contributed by atoms with Crippen molar-refractivity contribution in [2.45, 2.75) is 38.0 Å². The monoisotopic (exact) mass is 278 g/mol. The molecule has 0 fully saturated rings. The summed E-state index contributed by atoms with van der Waals surface area (Å²) in [5.74, 6) is -1.03. The second-order valence-electron chi connectivity index (χ2n) is 5.28. The van der Waals surface area contributed by atoms with Crippen LogP contribution in [-0.2, 0) is 6.42 Å². The zero-order chi connectivity index (χ0) is 14.1. The van der Waals surface area contributed by atoms with Crippen molar-refractivity contribution in [3.63, 3.8) is 0 Å². The summed E-state index contributed by atoms with van der Waals surface area (Å²) in [5.41, 5.74) is 1.91. The zero-order valence-corrected chi connectivity index (χ0v) is 11.1. The number of aromatic nitrogens is 2. The minimum atomic E-state index is -0.558. The van der Waals surface area contributed by atoms with Gasteiger partial charge in [-0.25, -0.2) is 8.78 Å². The van der Waals surface area contributed by atoms with Crippen LogP contribution in [0.25, 0.3) is 5.57 Å². The number of aliphatic hydroxyl groups excluding tert-OH is 1. The van der Waals surface area contributed by atoms with Gasteiger partial charge in [-0.1, -0.05) is 0 Å². The van der Waals surface area contributed by atoms with Crippen LogP contribution in [0.4, 0.5) is 8.78 Å². The fourth-order valence-corrected chi connectivity index (χ4v) is 2.90. The van der Waals surface area contributed by atoms with E-state index in [-0.39, 0.29) is 30.2 Å². The van der Waals surface area contributed by atoms with Gasteiger partial charge in [0.1, 0.15) is 11.7 Å². The van der Waals surface area contributed by atoms with Crippen molar-refractivity contribution in [3.8, 4) is 0 Å². The van der Waals surface area contributed by atoms with E-state index in [4.69, 9.17) is 0 Å². The molecular formula is C15H16F2N2O. The van der Waals surface area contributed by atoms with Gasteiger partial charge in [0.15, 0.2) is 0 Å². The molecule has 20 heavy (non-hydrogen) atoms. The molecule has 3 nitrogen and oxygen atoms in total.